The third-order valence-electron chi connectivity index (χ3n) is 5.49. The maximum absolute atomic E-state index is 13.5. The minimum absolute atomic E-state index is 0.0559. The van der Waals surface area contributed by atoms with E-state index in [4.69, 9.17) is 15.2 Å². The molecule has 0 saturated heterocycles. The van der Waals surface area contributed by atoms with Gasteiger partial charge in [-0.25, -0.2) is 19.1 Å². The minimum Gasteiger partial charge on any atom is -0.497 e. The summed E-state index contributed by atoms with van der Waals surface area (Å²) in [6, 6.07) is 18.1. The van der Waals surface area contributed by atoms with E-state index in [1.807, 2.05) is 36.4 Å². The van der Waals surface area contributed by atoms with Crippen molar-refractivity contribution in [1.29, 1.82) is 0 Å². The van der Waals surface area contributed by atoms with Crippen molar-refractivity contribution in [1.82, 2.24) is 19.1 Å². The van der Waals surface area contributed by atoms with E-state index in [2.05, 4.69) is 15.3 Å². The second-order valence-corrected chi connectivity index (χ2v) is 7.77. The molecule has 2 heterocycles. The van der Waals surface area contributed by atoms with Crippen molar-refractivity contribution in [3.8, 4) is 11.5 Å². The molecule has 2 aromatic carbocycles. The fourth-order valence-corrected chi connectivity index (χ4v) is 3.58. The highest BCUT2D eigenvalue weighted by Gasteiger charge is 2.15. The van der Waals surface area contributed by atoms with Gasteiger partial charge in [-0.2, -0.15) is 4.98 Å². The highest BCUT2D eigenvalue weighted by molar-refractivity contribution is 5.41. The molecule has 0 spiro atoms. The molecular weight excluding hydrogens is 448 g/mol. The van der Waals surface area contributed by atoms with E-state index in [1.54, 1.807) is 44.7 Å². The van der Waals surface area contributed by atoms with E-state index in [-0.39, 0.29) is 25.6 Å². The molecule has 4 aromatic rings. The Morgan fingerprint density at radius 1 is 0.886 bits per heavy atom. The maximum atomic E-state index is 13.5. The van der Waals surface area contributed by atoms with Crippen LogP contribution >= 0.6 is 0 Å². The zero-order valence-corrected chi connectivity index (χ0v) is 19.5. The average Bonchev–Trinajstić information content (AvgIpc) is 2.88. The summed E-state index contributed by atoms with van der Waals surface area (Å²) < 4.78 is 13.0. The Morgan fingerprint density at radius 3 is 2.34 bits per heavy atom. The van der Waals surface area contributed by atoms with Gasteiger partial charge in [0.1, 0.15) is 17.3 Å². The van der Waals surface area contributed by atoms with Crippen molar-refractivity contribution in [2.24, 2.45) is 0 Å². The summed E-state index contributed by atoms with van der Waals surface area (Å²) in [6.45, 7) is 0.494. The summed E-state index contributed by atoms with van der Waals surface area (Å²) >= 11 is 0. The lowest BCUT2D eigenvalue weighted by Crippen LogP contribution is -2.43. The average molecular weight is 475 g/mol. The predicted octanol–water partition coefficient (Wildman–Crippen LogP) is 2.11. The normalized spacial score (nSPS) is 10.7. The summed E-state index contributed by atoms with van der Waals surface area (Å²) in [5, 5.41) is 3.08. The topological polar surface area (TPSA) is 126 Å². The van der Waals surface area contributed by atoms with Crippen LogP contribution in [0.15, 0.2) is 76.4 Å². The highest BCUT2D eigenvalue weighted by atomic mass is 16.5. The van der Waals surface area contributed by atoms with E-state index in [0.717, 1.165) is 21.3 Å². The smallest absolute Gasteiger partial charge is 0.355 e. The van der Waals surface area contributed by atoms with Crippen molar-refractivity contribution in [2.75, 3.05) is 25.3 Å². The van der Waals surface area contributed by atoms with Crippen LogP contribution in [0.4, 0.5) is 11.8 Å². The van der Waals surface area contributed by atoms with Gasteiger partial charge in [-0.15, -0.1) is 0 Å². The van der Waals surface area contributed by atoms with E-state index in [9.17, 15) is 9.59 Å². The van der Waals surface area contributed by atoms with Crippen molar-refractivity contribution >= 4 is 11.8 Å². The number of hydrogen-bond acceptors (Lipinski definition) is 8. The second-order valence-electron chi connectivity index (χ2n) is 7.77. The minimum atomic E-state index is -0.662. The molecule has 2 aromatic heterocycles. The number of aromatic nitrogens is 4. The fourth-order valence-electron chi connectivity index (χ4n) is 3.58. The number of ether oxygens (including phenoxy) is 2. The van der Waals surface area contributed by atoms with Crippen LogP contribution in [0.2, 0.25) is 0 Å². The molecule has 3 N–H and O–H groups in total. The number of nitrogen functional groups attached to an aromatic ring is 1. The molecular formula is C25H26N6O4. The molecule has 0 aliphatic heterocycles. The number of nitrogens with zero attached hydrogens (tertiary/aromatic N) is 4. The first-order valence-corrected chi connectivity index (χ1v) is 10.9. The molecule has 35 heavy (non-hydrogen) atoms. The van der Waals surface area contributed by atoms with Crippen molar-refractivity contribution in [3.05, 3.63) is 105 Å². The van der Waals surface area contributed by atoms with Gasteiger partial charge in [0.05, 0.1) is 27.3 Å². The molecule has 0 aliphatic carbocycles. The molecule has 0 saturated carbocycles. The molecule has 180 valence electrons. The van der Waals surface area contributed by atoms with Gasteiger partial charge in [-0.1, -0.05) is 30.3 Å². The van der Waals surface area contributed by atoms with Crippen LogP contribution in [0, 0.1) is 0 Å². The number of nitrogens with one attached hydrogen (secondary N) is 1. The third kappa shape index (κ3) is 5.49. The zero-order valence-electron chi connectivity index (χ0n) is 19.5. The second kappa shape index (κ2) is 10.6. The number of anilines is 2. The van der Waals surface area contributed by atoms with Gasteiger partial charge >= 0.3 is 11.4 Å². The molecule has 0 aliphatic rings. The van der Waals surface area contributed by atoms with Crippen molar-refractivity contribution in [3.63, 3.8) is 0 Å². The van der Waals surface area contributed by atoms with Gasteiger partial charge in [0, 0.05) is 18.3 Å². The van der Waals surface area contributed by atoms with Gasteiger partial charge in [0.15, 0.2) is 0 Å². The first-order valence-electron chi connectivity index (χ1n) is 10.9. The Morgan fingerprint density at radius 2 is 1.63 bits per heavy atom. The first kappa shape index (κ1) is 23.6. The zero-order chi connectivity index (χ0) is 24.8. The van der Waals surface area contributed by atoms with E-state index in [1.165, 1.54) is 4.57 Å². The highest BCUT2D eigenvalue weighted by Crippen LogP contribution is 2.15. The Bertz CT molecular complexity index is 1430. The molecule has 10 nitrogen and oxygen atoms in total. The summed E-state index contributed by atoms with van der Waals surface area (Å²) in [5.74, 6) is 1.83. The summed E-state index contributed by atoms with van der Waals surface area (Å²) in [4.78, 5) is 34.7. The molecule has 0 radical (unpaired) electrons. The third-order valence-corrected chi connectivity index (χ3v) is 5.49. The molecule has 0 bridgehead atoms. The number of pyridine rings is 1. The van der Waals surface area contributed by atoms with Gasteiger partial charge in [0.2, 0.25) is 5.95 Å². The summed E-state index contributed by atoms with van der Waals surface area (Å²) in [6.07, 6.45) is 1.59. The lowest BCUT2D eigenvalue weighted by Gasteiger charge is -2.16. The maximum Gasteiger partial charge on any atom is 0.355 e. The van der Waals surface area contributed by atoms with Gasteiger partial charge in [-0.3, -0.25) is 4.57 Å². The van der Waals surface area contributed by atoms with Crippen LogP contribution in [0.25, 0.3) is 0 Å². The van der Waals surface area contributed by atoms with E-state index in [0.29, 0.717) is 17.3 Å². The van der Waals surface area contributed by atoms with Gasteiger partial charge in [-0.05, 0) is 41.5 Å². The van der Waals surface area contributed by atoms with E-state index < -0.39 is 11.4 Å². The number of rotatable bonds is 9. The lowest BCUT2D eigenvalue weighted by molar-refractivity contribution is 0.414. The quantitative estimate of drug-likeness (QED) is 0.378. The summed E-state index contributed by atoms with van der Waals surface area (Å²) in [5.41, 5.74) is 7.08. The van der Waals surface area contributed by atoms with Crippen LogP contribution in [-0.2, 0) is 19.6 Å². The van der Waals surface area contributed by atoms with Crippen LogP contribution < -0.4 is 31.9 Å². The van der Waals surface area contributed by atoms with Gasteiger partial charge < -0.3 is 20.5 Å². The Labute approximate surface area is 201 Å². The fraction of sp³-hybridized carbons (Fsp3) is 0.200. The molecule has 0 amide bonds. The van der Waals surface area contributed by atoms with Crippen LogP contribution in [0.1, 0.15) is 16.7 Å². The molecule has 0 unspecified atom stereocenters. The van der Waals surface area contributed by atoms with Crippen molar-refractivity contribution in [2.45, 2.75) is 19.6 Å². The van der Waals surface area contributed by atoms with Crippen LogP contribution in [0.5, 0.6) is 11.5 Å². The lowest BCUT2D eigenvalue weighted by atomic mass is 10.2. The molecule has 4 rings (SSSR count). The van der Waals surface area contributed by atoms with Gasteiger partial charge in [0.25, 0.3) is 0 Å². The predicted molar refractivity (Wildman–Crippen MR) is 133 cm³/mol. The molecule has 0 fully saturated rings. The number of hydrogen-bond donors (Lipinski definition) is 2. The van der Waals surface area contributed by atoms with Crippen LogP contribution in [0.3, 0.4) is 0 Å². The SMILES string of the molecule is COc1ccc(Cn2c(NCc3cccnc3N)nc(=O)n(Cc3cccc(OC)c3)c2=O)cc1. The van der Waals surface area contributed by atoms with Crippen LogP contribution in [-0.4, -0.2) is 33.3 Å². The Kier molecular flexibility index (Phi) is 7.10. The van der Waals surface area contributed by atoms with E-state index >= 15 is 0 Å². The Hall–Kier alpha value is -4.60. The number of nitrogens with two attached hydrogens (primary N) is 1. The first-order chi connectivity index (χ1) is 17.0. The molecule has 10 heteroatoms. The molecule has 0 atom stereocenters. The Balaban J connectivity index is 1.73. The summed E-state index contributed by atoms with van der Waals surface area (Å²) in [7, 11) is 3.15. The largest absolute Gasteiger partial charge is 0.497 e. The standard InChI is InChI=1S/C25H26N6O4/c1-34-20-10-8-17(9-11-20)15-30-23(28-14-19-6-4-12-27-22(19)26)29-24(32)31(25(30)33)16-18-5-3-7-21(13-18)35-2/h3-13H,14-16H2,1-2H3,(H2,26,27)(H,28,29,32). The number of methoxy groups -OCH3 is 2. The number of benzene rings is 2. The monoisotopic (exact) mass is 474 g/mol. The van der Waals surface area contributed by atoms with Crippen molar-refractivity contribution < 1.29 is 9.47 Å².